The fourth-order valence-corrected chi connectivity index (χ4v) is 4.41. The lowest BCUT2D eigenvalue weighted by molar-refractivity contribution is -0.119. The summed E-state index contributed by atoms with van der Waals surface area (Å²) in [6.45, 7) is 3.91. The maximum absolute atomic E-state index is 13.7. The first-order chi connectivity index (χ1) is 17.1. The quantitative estimate of drug-likeness (QED) is 0.344. The van der Waals surface area contributed by atoms with Crippen LogP contribution in [0.3, 0.4) is 0 Å². The van der Waals surface area contributed by atoms with Crippen LogP contribution in [0, 0.1) is 0 Å². The Morgan fingerprint density at radius 3 is 2.50 bits per heavy atom. The first-order valence-electron chi connectivity index (χ1n) is 11.5. The topological polar surface area (TPSA) is 125 Å². The molecule has 3 unspecified atom stereocenters. The van der Waals surface area contributed by atoms with Gasteiger partial charge in [-0.3, -0.25) is 24.2 Å². The summed E-state index contributed by atoms with van der Waals surface area (Å²) in [6.07, 6.45) is 0.0474. The van der Waals surface area contributed by atoms with Crippen molar-refractivity contribution in [2.45, 2.75) is 32.4 Å². The Kier molecular flexibility index (Phi) is 8.83. The smallest absolute Gasteiger partial charge is 0.264 e. The lowest BCUT2D eigenvalue weighted by Crippen LogP contribution is -2.37. The van der Waals surface area contributed by atoms with Crippen LogP contribution in [0.2, 0.25) is 0 Å². The first kappa shape index (κ1) is 27.3. The van der Waals surface area contributed by atoms with Crippen molar-refractivity contribution in [3.05, 3.63) is 53.1 Å². The molecule has 3 amide bonds. The van der Waals surface area contributed by atoms with Crippen LogP contribution < -0.4 is 14.8 Å². The molecule has 3 atom stereocenters. The monoisotopic (exact) mass is 517 g/mol. The molecule has 2 N–H and O–H groups in total. The van der Waals surface area contributed by atoms with Crippen molar-refractivity contribution in [3.63, 3.8) is 0 Å². The largest absolute Gasteiger partial charge is 0.493 e. The van der Waals surface area contributed by atoms with Crippen molar-refractivity contribution in [3.8, 4) is 11.5 Å². The molecule has 0 saturated carbocycles. The predicted octanol–water partition coefficient (Wildman–Crippen LogP) is 2.93. The Balaban J connectivity index is 2.04. The fraction of sp³-hybridized carbons (Fsp3) is 0.400. The summed E-state index contributed by atoms with van der Waals surface area (Å²) in [5.41, 5.74) is 1.03. The van der Waals surface area contributed by atoms with E-state index >= 15 is 0 Å². The van der Waals surface area contributed by atoms with E-state index in [1.807, 2.05) is 6.92 Å². The van der Waals surface area contributed by atoms with Gasteiger partial charge in [-0.05, 0) is 64.2 Å². The summed E-state index contributed by atoms with van der Waals surface area (Å²) in [7, 11) is 5.02. The fourth-order valence-electron chi connectivity index (χ4n) is 3.99. The number of likely N-dealkylation sites (N-methyl/N-ethyl adjacent to an activating group) is 1. The highest BCUT2D eigenvalue weighted by molar-refractivity contribution is 7.79. The average molecular weight is 518 g/mol. The van der Waals surface area contributed by atoms with Crippen molar-refractivity contribution in [2.24, 2.45) is 0 Å². The number of carbonyl (C=O) groups excluding carboxylic acids is 3. The number of amides is 3. The number of anilines is 1. The highest BCUT2D eigenvalue weighted by Gasteiger charge is 2.42. The van der Waals surface area contributed by atoms with E-state index in [4.69, 9.17) is 9.47 Å². The van der Waals surface area contributed by atoms with Gasteiger partial charge >= 0.3 is 0 Å². The second-order valence-electron chi connectivity index (χ2n) is 8.51. The third-order valence-corrected chi connectivity index (χ3v) is 6.69. The number of benzene rings is 2. The Morgan fingerprint density at radius 2 is 1.89 bits per heavy atom. The molecule has 0 spiro atoms. The minimum atomic E-state index is -2.14. The summed E-state index contributed by atoms with van der Waals surface area (Å²) in [5, 5.41) is 2.76. The van der Waals surface area contributed by atoms with Crippen LogP contribution >= 0.6 is 0 Å². The summed E-state index contributed by atoms with van der Waals surface area (Å²) in [4.78, 5) is 42.6. The summed E-state index contributed by atoms with van der Waals surface area (Å²) in [5.74, 6) is -0.712. The molecule has 0 saturated heterocycles. The first-order valence-corrected chi connectivity index (χ1v) is 12.7. The second-order valence-corrected chi connectivity index (χ2v) is 9.56. The summed E-state index contributed by atoms with van der Waals surface area (Å²) >= 11 is -2.14. The molecule has 36 heavy (non-hydrogen) atoms. The van der Waals surface area contributed by atoms with Crippen LogP contribution in [0.25, 0.3) is 0 Å². The predicted molar refractivity (Wildman–Crippen MR) is 136 cm³/mol. The number of methoxy groups -OCH3 is 1. The third kappa shape index (κ3) is 5.58. The standard InChI is InChI=1S/C25H31N3O7S/c1-6-35-21-14-16(10-11-20(21)34-5)19(12-13-36(32)33)28-24(30)17-8-7-9-18(22(17)25(28)31)26-23(29)15(2)27(3)4/h7-11,14-15,19H,6,12-13H2,1-5H3,(H,26,29)(H,32,33). The minimum Gasteiger partial charge on any atom is -0.493 e. The molecule has 2 aromatic carbocycles. The second kappa shape index (κ2) is 11.6. The van der Waals surface area contributed by atoms with E-state index in [0.29, 0.717) is 23.7 Å². The van der Waals surface area contributed by atoms with Gasteiger partial charge in [0.25, 0.3) is 11.8 Å². The molecular weight excluding hydrogens is 486 g/mol. The number of hydrogen-bond acceptors (Lipinski definition) is 7. The number of carbonyl (C=O) groups is 3. The van der Waals surface area contributed by atoms with E-state index in [0.717, 1.165) is 4.90 Å². The van der Waals surface area contributed by atoms with Crippen LogP contribution in [-0.2, 0) is 15.9 Å². The van der Waals surface area contributed by atoms with Gasteiger partial charge in [0, 0.05) is 0 Å². The maximum atomic E-state index is 13.7. The maximum Gasteiger partial charge on any atom is 0.264 e. The van der Waals surface area contributed by atoms with E-state index in [1.165, 1.54) is 13.2 Å². The summed E-state index contributed by atoms with van der Waals surface area (Å²) in [6, 6.07) is 8.41. The van der Waals surface area contributed by atoms with Gasteiger partial charge < -0.3 is 19.3 Å². The van der Waals surface area contributed by atoms with Crippen molar-refractivity contribution in [1.82, 2.24) is 9.80 Å². The van der Waals surface area contributed by atoms with Gasteiger partial charge in [-0.1, -0.05) is 12.1 Å². The number of rotatable bonds is 11. The van der Waals surface area contributed by atoms with Crippen molar-refractivity contribution >= 4 is 34.5 Å². The van der Waals surface area contributed by atoms with E-state index in [-0.39, 0.29) is 34.9 Å². The number of nitrogens with one attached hydrogen (secondary N) is 1. The molecule has 0 radical (unpaired) electrons. The number of fused-ring (bicyclic) bond motifs is 1. The zero-order valence-corrected chi connectivity index (χ0v) is 21.8. The molecule has 10 nitrogen and oxygen atoms in total. The normalized spacial score (nSPS) is 15.5. The Bertz CT molecular complexity index is 1180. The zero-order valence-electron chi connectivity index (χ0n) is 20.9. The van der Waals surface area contributed by atoms with Gasteiger partial charge in [0.2, 0.25) is 5.91 Å². The van der Waals surface area contributed by atoms with Gasteiger partial charge in [0.05, 0.1) is 48.4 Å². The molecular formula is C25H31N3O7S. The van der Waals surface area contributed by atoms with E-state index in [9.17, 15) is 23.1 Å². The Labute approximate surface area is 212 Å². The molecule has 0 aliphatic carbocycles. The van der Waals surface area contributed by atoms with Gasteiger partial charge in [-0.15, -0.1) is 0 Å². The van der Waals surface area contributed by atoms with E-state index in [1.54, 1.807) is 56.3 Å². The molecule has 0 aromatic heterocycles. The van der Waals surface area contributed by atoms with E-state index < -0.39 is 35.0 Å². The number of imide groups is 1. The highest BCUT2D eigenvalue weighted by Crippen LogP contribution is 2.39. The molecule has 1 aliphatic rings. The van der Waals surface area contributed by atoms with Crippen LogP contribution in [0.4, 0.5) is 5.69 Å². The molecule has 1 heterocycles. The number of ether oxygens (including phenoxy) is 2. The molecule has 1 aliphatic heterocycles. The molecule has 11 heteroatoms. The molecule has 0 fully saturated rings. The summed E-state index contributed by atoms with van der Waals surface area (Å²) < 4.78 is 32.0. The van der Waals surface area contributed by atoms with Crippen molar-refractivity contribution in [2.75, 3.05) is 38.9 Å². The van der Waals surface area contributed by atoms with Crippen LogP contribution in [-0.4, -0.2) is 75.9 Å². The zero-order chi connectivity index (χ0) is 26.6. The van der Waals surface area contributed by atoms with Crippen molar-refractivity contribution < 1.29 is 32.6 Å². The Morgan fingerprint density at radius 1 is 1.17 bits per heavy atom. The molecule has 0 bridgehead atoms. The van der Waals surface area contributed by atoms with Gasteiger partial charge in [0.1, 0.15) is 0 Å². The number of hydrogen-bond donors (Lipinski definition) is 2. The van der Waals surface area contributed by atoms with Gasteiger partial charge in [-0.25, -0.2) is 4.21 Å². The van der Waals surface area contributed by atoms with E-state index in [2.05, 4.69) is 5.32 Å². The number of nitrogens with zero attached hydrogens (tertiary/aromatic N) is 2. The SMILES string of the molecule is CCOc1cc(C(CCS(=O)O)N2C(=O)c3cccc(NC(=O)C(C)N(C)C)c3C2=O)ccc1OC. The Hall–Kier alpha value is -3.28. The van der Waals surface area contributed by atoms with Crippen LogP contribution in [0.1, 0.15) is 52.6 Å². The lowest BCUT2D eigenvalue weighted by Gasteiger charge is -2.27. The highest BCUT2D eigenvalue weighted by atomic mass is 32.2. The third-order valence-electron chi connectivity index (χ3n) is 6.11. The molecule has 3 rings (SSSR count). The molecule has 194 valence electrons. The minimum absolute atomic E-state index is 0.0474. The average Bonchev–Trinajstić information content (AvgIpc) is 3.09. The van der Waals surface area contributed by atoms with Gasteiger partial charge in [-0.2, -0.15) is 0 Å². The van der Waals surface area contributed by atoms with Crippen molar-refractivity contribution in [1.29, 1.82) is 0 Å². The van der Waals surface area contributed by atoms with Crippen LogP contribution in [0.15, 0.2) is 36.4 Å². The molecule has 2 aromatic rings. The lowest BCUT2D eigenvalue weighted by atomic mass is 10.0. The van der Waals surface area contributed by atoms with Crippen LogP contribution in [0.5, 0.6) is 11.5 Å². The van der Waals surface area contributed by atoms with Gasteiger partial charge in [0.15, 0.2) is 22.6 Å².